The zero-order chi connectivity index (χ0) is 13.0. The minimum atomic E-state index is -0.519. The van der Waals surface area contributed by atoms with Crippen molar-refractivity contribution in [3.63, 3.8) is 0 Å². The van der Waals surface area contributed by atoms with Gasteiger partial charge in [-0.2, -0.15) is 0 Å². The zero-order valence-electron chi connectivity index (χ0n) is 9.40. The number of halogens is 2. The first-order chi connectivity index (χ1) is 8.66. The third-order valence-corrected chi connectivity index (χ3v) is 3.24. The molecule has 0 unspecified atom stereocenters. The quantitative estimate of drug-likeness (QED) is 0.618. The van der Waals surface area contributed by atoms with Crippen LogP contribution in [0.4, 0.5) is 4.39 Å². The molecule has 4 heteroatoms. The fourth-order valence-corrected chi connectivity index (χ4v) is 1.77. The number of benzene rings is 2. The van der Waals surface area contributed by atoms with Gasteiger partial charge in [-0.1, -0.05) is 30.3 Å². The van der Waals surface area contributed by atoms with E-state index in [0.717, 1.165) is 5.56 Å². The Labute approximate surface area is 118 Å². The van der Waals surface area contributed by atoms with Crippen LogP contribution in [-0.4, -0.2) is 5.97 Å². The fraction of sp³-hybridized carbons (Fsp3) is 0.0714. The Balaban J connectivity index is 2.02. The van der Waals surface area contributed by atoms with Crippen LogP contribution in [0.15, 0.2) is 48.5 Å². The minimum Gasteiger partial charge on any atom is -0.457 e. The lowest BCUT2D eigenvalue weighted by Crippen LogP contribution is -2.05. The van der Waals surface area contributed by atoms with E-state index in [-0.39, 0.29) is 12.2 Å². The molecular formula is C14H10FIO2. The van der Waals surface area contributed by atoms with Gasteiger partial charge in [0.25, 0.3) is 0 Å². The molecule has 18 heavy (non-hydrogen) atoms. The van der Waals surface area contributed by atoms with Gasteiger partial charge in [0.2, 0.25) is 0 Å². The molecule has 0 aliphatic heterocycles. The predicted octanol–water partition coefficient (Wildman–Crippen LogP) is 3.79. The van der Waals surface area contributed by atoms with E-state index in [1.165, 1.54) is 6.07 Å². The van der Waals surface area contributed by atoms with Crippen molar-refractivity contribution in [3.05, 3.63) is 69.0 Å². The first kappa shape index (κ1) is 13.0. The van der Waals surface area contributed by atoms with Crippen LogP contribution in [0, 0.1) is 9.39 Å². The molecule has 0 radical (unpaired) electrons. The van der Waals surface area contributed by atoms with E-state index in [4.69, 9.17) is 4.74 Å². The van der Waals surface area contributed by atoms with E-state index in [2.05, 4.69) is 0 Å². The molecule has 0 saturated carbocycles. The molecular weight excluding hydrogens is 346 g/mol. The number of carbonyl (C=O) groups excluding carboxylic acids is 1. The van der Waals surface area contributed by atoms with Gasteiger partial charge < -0.3 is 4.74 Å². The van der Waals surface area contributed by atoms with Gasteiger partial charge >= 0.3 is 5.97 Å². The average molecular weight is 356 g/mol. The summed E-state index contributed by atoms with van der Waals surface area (Å²) in [6.45, 7) is 0.188. The van der Waals surface area contributed by atoms with Gasteiger partial charge in [0.05, 0.1) is 5.56 Å². The molecule has 92 valence electrons. The van der Waals surface area contributed by atoms with Gasteiger partial charge in [0, 0.05) is 3.57 Å². The Kier molecular flexibility index (Phi) is 4.30. The van der Waals surface area contributed by atoms with Crippen LogP contribution in [0.1, 0.15) is 15.9 Å². The summed E-state index contributed by atoms with van der Waals surface area (Å²) in [7, 11) is 0. The first-order valence-corrected chi connectivity index (χ1v) is 6.41. The van der Waals surface area contributed by atoms with Crippen molar-refractivity contribution in [1.29, 1.82) is 0 Å². The van der Waals surface area contributed by atoms with Crippen molar-refractivity contribution >= 4 is 28.6 Å². The largest absolute Gasteiger partial charge is 0.457 e. The molecule has 0 aliphatic carbocycles. The van der Waals surface area contributed by atoms with Crippen LogP contribution < -0.4 is 0 Å². The molecule has 0 N–H and O–H groups in total. The molecule has 0 saturated heterocycles. The number of esters is 1. The van der Waals surface area contributed by atoms with Crippen molar-refractivity contribution in [3.8, 4) is 0 Å². The van der Waals surface area contributed by atoms with Gasteiger partial charge in [-0.05, 0) is 46.4 Å². The van der Waals surface area contributed by atoms with Crippen LogP contribution in [0.3, 0.4) is 0 Å². The van der Waals surface area contributed by atoms with Crippen LogP contribution in [-0.2, 0) is 11.3 Å². The van der Waals surface area contributed by atoms with Crippen LogP contribution in [0.2, 0.25) is 0 Å². The van der Waals surface area contributed by atoms with Crippen LogP contribution in [0.5, 0.6) is 0 Å². The van der Waals surface area contributed by atoms with Gasteiger partial charge in [-0.3, -0.25) is 0 Å². The number of hydrogen-bond acceptors (Lipinski definition) is 2. The second kappa shape index (κ2) is 5.95. The first-order valence-electron chi connectivity index (χ1n) is 5.33. The van der Waals surface area contributed by atoms with Crippen molar-refractivity contribution in [1.82, 2.24) is 0 Å². The third kappa shape index (κ3) is 3.29. The molecule has 0 fully saturated rings. The Morgan fingerprint density at radius 1 is 1.17 bits per heavy atom. The van der Waals surface area contributed by atoms with Crippen molar-refractivity contribution < 1.29 is 13.9 Å². The van der Waals surface area contributed by atoms with Crippen LogP contribution >= 0.6 is 22.6 Å². The number of carbonyl (C=O) groups is 1. The summed E-state index contributed by atoms with van der Waals surface area (Å²) in [5, 5.41) is 0. The molecule has 0 amide bonds. The Bertz CT molecular complexity index is 555. The van der Waals surface area contributed by atoms with Gasteiger partial charge in [-0.15, -0.1) is 0 Å². The second-order valence-electron chi connectivity index (χ2n) is 3.69. The van der Waals surface area contributed by atoms with E-state index >= 15 is 0 Å². The third-order valence-electron chi connectivity index (χ3n) is 2.37. The average Bonchev–Trinajstić information content (AvgIpc) is 2.40. The normalized spacial score (nSPS) is 10.1. The second-order valence-corrected chi connectivity index (χ2v) is 4.85. The Hall–Kier alpha value is -1.43. The van der Waals surface area contributed by atoms with Gasteiger partial charge in [-0.25, -0.2) is 9.18 Å². The molecule has 2 aromatic rings. The highest BCUT2D eigenvalue weighted by Crippen LogP contribution is 2.14. The minimum absolute atomic E-state index is 0.188. The van der Waals surface area contributed by atoms with Crippen LogP contribution in [0.25, 0.3) is 0 Å². The molecule has 2 rings (SSSR count). The van der Waals surface area contributed by atoms with E-state index in [9.17, 15) is 9.18 Å². The molecule has 0 spiro atoms. The maximum Gasteiger partial charge on any atom is 0.338 e. The molecule has 0 aliphatic rings. The molecule has 0 aromatic heterocycles. The molecule has 0 atom stereocenters. The standard InChI is InChI=1S/C14H10FIO2/c15-12-8-11(6-7-13(12)16)14(17)18-9-10-4-2-1-3-5-10/h1-8H,9H2. The Morgan fingerprint density at radius 2 is 1.89 bits per heavy atom. The fourth-order valence-electron chi connectivity index (χ4n) is 1.43. The summed E-state index contributed by atoms with van der Waals surface area (Å²) >= 11 is 1.87. The lowest BCUT2D eigenvalue weighted by molar-refractivity contribution is 0.0472. The van der Waals surface area contributed by atoms with E-state index in [1.54, 1.807) is 12.1 Å². The Morgan fingerprint density at radius 3 is 2.56 bits per heavy atom. The lowest BCUT2D eigenvalue weighted by Gasteiger charge is -2.05. The maximum absolute atomic E-state index is 13.3. The highest BCUT2D eigenvalue weighted by Gasteiger charge is 2.09. The molecule has 0 heterocycles. The van der Waals surface area contributed by atoms with E-state index in [1.807, 2.05) is 52.9 Å². The summed E-state index contributed by atoms with van der Waals surface area (Å²) in [5.74, 6) is -0.932. The topological polar surface area (TPSA) is 26.3 Å². The summed E-state index contributed by atoms with van der Waals surface area (Å²) in [6.07, 6.45) is 0. The summed E-state index contributed by atoms with van der Waals surface area (Å²) in [4.78, 5) is 11.7. The monoisotopic (exact) mass is 356 g/mol. The molecule has 2 nitrogen and oxygen atoms in total. The van der Waals surface area contributed by atoms with Crippen molar-refractivity contribution in [2.24, 2.45) is 0 Å². The predicted molar refractivity (Wildman–Crippen MR) is 74.7 cm³/mol. The molecule has 2 aromatic carbocycles. The number of hydrogen-bond donors (Lipinski definition) is 0. The summed E-state index contributed by atoms with van der Waals surface area (Å²) in [5.41, 5.74) is 1.13. The zero-order valence-corrected chi connectivity index (χ0v) is 11.6. The van der Waals surface area contributed by atoms with Crippen molar-refractivity contribution in [2.75, 3.05) is 0 Å². The lowest BCUT2D eigenvalue weighted by atomic mass is 10.2. The summed E-state index contributed by atoms with van der Waals surface area (Å²) in [6, 6.07) is 13.6. The van der Waals surface area contributed by atoms with Gasteiger partial charge in [0.15, 0.2) is 0 Å². The molecule has 0 bridgehead atoms. The number of rotatable bonds is 3. The van der Waals surface area contributed by atoms with E-state index < -0.39 is 11.8 Å². The van der Waals surface area contributed by atoms with Crippen molar-refractivity contribution in [2.45, 2.75) is 6.61 Å². The van der Waals surface area contributed by atoms with E-state index in [0.29, 0.717) is 3.57 Å². The highest BCUT2D eigenvalue weighted by atomic mass is 127. The SMILES string of the molecule is O=C(OCc1ccccc1)c1ccc(I)c(F)c1. The highest BCUT2D eigenvalue weighted by molar-refractivity contribution is 14.1. The summed E-state index contributed by atoms with van der Waals surface area (Å²) < 4.78 is 18.9. The number of ether oxygens (including phenoxy) is 1. The van der Waals surface area contributed by atoms with Gasteiger partial charge in [0.1, 0.15) is 12.4 Å². The smallest absolute Gasteiger partial charge is 0.338 e. The maximum atomic E-state index is 13.3.